The third-order valence-corrected chi connectivity index (χ3v) is 3.24. The fourth-order valence-corrected chi connectivity index (χ4v) is 2.18. The molecule has 0 saturated carbocycles. The van der Waals surface area contributed by atoms with Crippen LogP contribution in [0.5, 0.6) is 0 Å². The van der Waals surface area contributed by atoms with Crippen LogP contribution in [0.1, 0.15) is 11.5 Å². The Kier molecular flexibility index (Phi) is 2.70. The molecule has 0 bridgehead atoms. The molecular formula is C13H16N6. The minimum Gasteiger partial charge on any atom is -0.369 e. The number of hydrogen-bond donors (Lipinski definition) is 1. The maximum atomic E-state index is 5.97. The SMILES string of the molecule is Cc1ccc2nc(N)n(CCc3nccn3C)c2n1. The Labute approximate surface area is 110 Å². The van der Waals surface area contributed by atoms with Gasteiger partial charge in [-0.1, -0.05) is 0 Å². The lowest BCUT2D eigenvalue weighted by molar-refractivity contribution is 0.666. The van der Waals surface area contributed by atoms with E-state index in [2.05, 4.69) is 15.0 Å². The first-order chi connectivity index (χ1) is 9.15. The first kappa shape index (κ1) is 11.7. The molecule has 3 aromatic rings. The van der Waals surface area contributed by atoms with Gasteiger partial charge in [-0.2, -0.15) is 0 Å². The average Bonchev–Trinajstić information content (AvgIpc) is 2.90. The van der Waals surface area contributed by atoms with Crippen LogP contribution in [0.3, 0.4) is 0 Å². The summed E-state index contributed by atoms with van der Waals surface area (Å²) in [5.74, 6) is 1.52. The highest BCUT2D eigenvalue weighted by Gasteiger charge is 2.10. The summed E-state index contributed by atoms with van der Waals surface area (Å²) in [5.41, 5.74) is 8.60. The van der Waals surface area contributed by atoms with E-state index >= 15 is 0 Å². The van der Waals surface area contributed by atoms with E-state index in [0.29, 0.717) is 5.95 Å². The molecule has 0 aliphatic rings. The fraction of sp³-hybridized carbons (Fsp3) is 0.308. The van der Waals surface area contributed by atoms with Gasteiger partial charge in [0.2, 0.25) is 5.95 Å². The first-order valence-corrected chi connectivity index (χ1v) is 6.20. The van der Waals surface area contributed by atoms with Gasteiger partial charge in [0.1, 0.15) is 11.3 Å². The second-order valence-electron chi connectivity index (χ2n) is 4.62. The number of rotatable bonds is 3. The summed E-state index contributed by atoms with van der Waals surface area (Å²) in [5, 5.41) is 0. The molecule has 19 heavy (non-hydrogen) atoms. The predicted molar refractivity (Wildman–Crippen MR) is 73.6 cm³/mol. The second-order valence-corrected chi connectivity index (χ2v) is 4.62. The van der Waals surface area contributed by atoms with Crippen molar-refractivity contribution in [3.05, 3.63) is 36.0 Å². The Balaban J connectivity index is 1.94. The summed E-state index contributed by atoms with van der Waals surface area (Å²) in [4.78, 5) is 13.2. The van der Waals surface area contributed by atoms with Crippen LogP contribution in [0.2, 0.25) is 0 Å². The van der Waals surface area contributed by atoms with Gasteiger partial charge in [-0.25, -0.2) is 15.0 Å². The molecular weight excluding hydrogens is 240 g/mol. The average molecular weight is 256 g/mol. The van der Waals surface area contributed by atoms with Gasteiger partial charge in [0.05, 0.1) is 0 Å². The highest BCUT2D eigenvalue weighted by Crippen LogP contribution is 2.16. The smallest absolute Gasteiger partial charge is 0.202 e. The van der Waals surface area contributed by atoms with Gasteiger partial charge in [0, 0.05) is 38.1 Å². The summed E-state index contributed by atoms with van der Waals surface area (Å²) in [7, 11) is 1.99. The molecule has 0 fully saturated rings. The number of nitrogen functional groups attached to an aromatic ring is 1. The maximum absolute atomic E-state index is 5.97. The van der Waals surface area contributed by atoms with Crippen molar-refractivity contribution in [2.75, 3.05) is 5.73 Å². The van der Waals surface area contributed by atoms with Crippen molar-refractivity contribution in [3.63, 3.8) is 0 Å². The number of nitrogens with zero attached hydrogens (tertiary/aromatic N) is 5. The van der Waals surface area contributed by atoms with E-state index in [-0.39, 0.29) is 0 Å². The normalized spacial score (nSPS) is 11.3. The second kappa shape index (κ2) is 4.38. The number of nitrogens with two attached hydrogens (primary N) is 1. The molecule has 0 aliphatic heterocycles. The highest BCUT2D eigenvalue weighted by atomic mass is 15.2. The molecule has 3 heterocycles. The van der Waals surface area contributed by atoms with Crippen LogP contribution in [0, 0.1) is 6.92 Å². The molecule has 6 nitrogen and oxygen atoms in total. The zero-order valence-corrected chi connectivity index (χ0v) is 11.0. The standard InChI is InChI=1S/C13H16N6/c1-9-3-4-10-12(16-9)19(13(14)17-10)7-5-11-15-6-8-18(11)2/h3-4,6,8H,5,7H2,1-2H3,(H2,14,17). The van der Waals surface area contributed by atoms with Crippen LogP contribution < -0.4 is 5.73 Å². The van der Waals surface area contributed by atoms with Crippen LogP contribution in [0.15, 0.2) is 24.5 Å². The molecule has 0 saturated heterocycles. The Hall–Kier alpha value is -2.37. The zero-order valence-electron chi connectivity index (χ0n) is 11.0. The van der Waals surface area contributed by atoms with Crippen LogP contribution in [0.4, 0.5) is 5.95 Å². The summed E-state index contributed by atoms with van der Waals surface area (Å²) >= 11 is 0. The number of pyridine rings is 1. The summed E-state index contributed by atoms with van der Waals surface area (Å²) in [6.45, 7) is 2.69. The van der Waals surface area contributed by atoms with Crippen LogP contribution >= 0.6 is 0 Å². The maximum Gasteiger partial charge on any atom is 0.202 e. The van der Waals surface area contributed by atoms with Gasteiger partial charge in [0.25, 0.3) is 0 Å². The monoisotopic (exact) mass is 256 g/mol. The van der Waals surface area contributed by atoms with E-state index < -0.39 is 0 Å². The van der Waals surface area contributed by atoms with Gasteiger partial charge < -0.3 is 10.3 Å². The quantitative estimate of drug-likeness (QED) is 0.766. The topological polar surface area (TPSA) is 74.5 Å². The van der Waals surface area contributed by atoms with Crippen molar-refractivity contribution in [2.24, 2.45) is 7.05 Å². The predicted octanol–water partition coefficient (Wildman–Crippen LogP) is 1.30. The molecule has 6 heteroatoms. The lowest BCUT2D eigenvalue weighted by Crippen LogP contribution is -2.09. The molecule has 0 spiro atoms. The molecule has 3 rings (SSSR count). The van der Waals surface area contributed by atoms with E-state index in [9.17, 15) is 0 Å². The Morgan fingerprint density at radius 2 is 2.11 bits per heavy atom. The number of aromatic nitrogens is 5. The molecule has 0 aliphatic carbocycles. The van der Waals surface area contributed by atoms with Crippen molar-refractivity contribution < 1.29 is 0 Å². The van der Waals surface area contributed by atoms with Crippen molar-refractivity contribution >= 4 is 17.1 Å². The molecule has 2 N–H and O–H groups in total. The Bertz CT molecular complexity index is 724. The lowest BCUT2D eigenvalue weighted by atomic mass is 10.3. The third-order valence-electron chi connectivity index (χ3n) is 3.24. The molecule has 0 aromatic carbocycles. The van der Waals surface area contributed by atoms with Crippen molar-refractivity contribution in [2.45, 2.75) is 19.9 Å². The van der Waals surface area contributed by atoms with E-state index in [1.165, 1.54) is 0 Å². The van der Waals surface area contributed by atoms with Crippen LogP contribution in [-0.2, 0) is 20.0 Å². The van der Waals surface area contributed by atoms with Crippen LogP contribution in [0.25, 0.3) is 11.2 Å². The van der Waals surface area contributed by atoms with E-state index in [1.54, 1.807) is 6.20 Å². The number of fused-ring (bicyclic) bond motifs is 1. The Morgan fingerprint density at radius 3 is 2.84 bits per heavy atom. The van der Waals surface area contributed by atoms with Gasteiger partial charge in [-0.3, -0.25) is 4.57 Å². The van der Waals surface area contributed by atoms with Crippen molar-refractivity contribution in [3.8, 4) is 0 Å². The molecule has 0 amide bonds. The van der Waals surface area contributed by atoms with Gasteiger partial charge in [-0.05, 0) is 19.1 Å². The molecule has 3 aromatic heterocycles. The van der Waals surface area contributed by atoms with Crippen molar-refractivity contribution in [1.82, 2.24) is 24.1 Å². The molecule has 0 radical (unpaired) electrons. The lowest BCUT2D eigenvalue weighted by Gasteiger charge is -2.06. The highest BCUT2D eigenvalue weighted by molar-refractivity contribution is 5.74. The summed E-state index contributed by atoms with van der Waals surface area (Å²) in [6.07, 6.45) is 4.54. The zero-order chi connectivity index (χ0) is 13.4. The summed E-state index contributed by atoms with van der Waals surface area (Å²) < 4.78 is 3.95. The van der Waals surface area contributed by atoms with Gasteiger partial charge in [-0.15, -0.1) is 0 Å². The minimum absolute atomic E-state index is 0.502. The van der Waals surface area contributed by atoms with Crippen molar-refractivity contribution in [1.29, 1.82) is 0 Å². The van der Waals surface area contributed by atoms with E-state index in [0.717, 1.165) is 35.6 Å². The number of hydrogen-bond acceptors (Lipinski definition) is 4. The Morgan fingerprint density at radius 1 is 1.26 bits per heavy atom. The first-order valence-electron chi connectivity index (χ1n) is 6.20. The van der Waals surface area contributed by atoms with Gasteiger partial charge >= 0.3 is 0 Å². The molecule has 0 atom stereocenters. The number of anilines is 1. The fourth-order valence-electron chi connectivity index (χ4n) is 2.18. The number of imidazole rings is 2. The van der Waals surface area contributed by atoms with Crippen LogP contribution in [-0.4, -0.2) is 24.1 Å². The van der Waals surface area contributed by atoms with E-state index in [4.69, 9.17) is 5.73 Å². The minimum atomic E-state index is 0.502. The molecule has 0 unspecified atom stereocenters. The summed E-state index contributed by atoms with van der Waals surface area (Å²) in [6, 6.07) is 3.89. The third kappa shape index (κ3) is 2.05. The van der Waals surface area contributed by atoms with Gasteiger partial charge in [0.15, 0.2) is 5.65 Å². The van der Waals surface area contributed by atoms with E-state index in [1.807, 2.05) is 41.4 Å². The molecule has 98 valence electrons. The number of aryl methyl sites for hydroxylation is 4. The largest absolute Gasteiger partial charge is 0.369 e.